The highest BCUT2D eigenvalue weighted by Crippen LogP contribution is 2.15. The molecule has 0 aliphatic rings. The van der Waals surface area contributed by atoms with Crippen molar-refractivity contribution in [2.45, 2.75) is 0 Å². The molecule has 0 spiro atoms. The van der Waals surface area contributed by atoms with Gasteiger partial charge in [-0.3, -0.25) is 10.1 Å². The second-order valence-corrected chi connectivity index (χ2v) is 4.01. The summed E-state index contributed by atoms with van der Waals surface area (Å²) in [6.45, 7) is 0. The number of nitrogen functional groups attached to an aromatic ring is 1. The fourth-order valence-corrected chi connectivity index (χ4v) is 1.60. The maximum Gasteiger partial charge on any atom is 0.278 e. The average Bonchev–Trinajstić information content (AvgIpc) is 2.38. The number of benzene rings is 1. The first-order valence-corrected chi connectivity index (χ1v) is 5.76. The standard InChI is InChI=1S/C11H9ClN6O2/c12-9-5-10(13)16-11(15-9)17-14-6-7-3-1-2-4-8(7)18(19)20/h1-6H,(H3,13,15,16,17)/b14-6-. The highest BCUT2D eigenvalue weighted by atomic mass is 35.5. The number of rotatable bonds is 4. The molecule has 102 valence electrons. The summed E-state index contributed by atoms with van der Waals surface area (Å²) in [4.78, 5) is 18.0. The van der Waals surface area contributed by atoms with Crippen LogP contribution in [0, 0.1) is 10.1 Å². The van der Waals surface area contributed by atoms with E-state index in [-0.39, 0.29) is 22.6 Å². The van der Waals surface area contributed by atoms with E-state index < -0.39 is 4.92 Å². The molecule has 0 saturated heterocycles. The van der Waals surface area contributed by atoms with Gasteiger partial charge >= 0.3 is 0 Å². The van der Waals surface area contributed by atoms with E-state index in [2.05, 4.69) is 20.5 Å². The van der Waals surface area contributed by atoms with E-state index in [4.69, 9.17) is 17.3 Å². The summed E-state index contributed by atoms with van der Waals surface area (Å²) >= 11 is 5.70. The zero-order valence-corrected chi connectivity index (χ0v) is 10.8. The van der Waals surface area contributed by atoms with Gasteiger partial charge in [-0.15, -0.1) is 0 Å². The molecular weight excluding hydrogens is 284 g/mol. The molecule has 0 bridgehead atoms. The van der Waals surface area contributed by atoms with Gasteiger partial charge in [-0.1, -0.05) is 23.7 Å². The van der Waals surface area contributed by atoms with Crippen LogP contribution in [-0.4, -0.2) is 21.1 Å². The maximum atomic E-state index is 10.8. The Bertz CT molecular complexity index is 655. The van der Waals surface area contributed by atoms with E-state index in [1.54, 1.807) is 18.2 Å². The molecule has 0 radical (unpaired) electrons. The molecule has 0 aliphatic carbocycles. The third-order valence-corrected chi connectivity index (χ3v) is 2.41. The van der Waals surface area contributed by atoms with Gasteiger partial charge in [0.05, 0.1) is 16.7 Å². The summed E-state index contributed by atoms with van der Waals surface area (Å²) in [5.41, 5.74) is 8.29. The second-order valence-electron chi connectivity index (χ2n) is 3.63. The number of hydrogen-bond acceptors (Lipinski definition) is 7. The molecule has 1 aromatic carbocycles. The van der Waals surface area contributed by atoms with E-state index in [0.29, 0.717) is 5.56 Å². The summed E-state index contributed by atoms with van der Waals surface area (Å²) in [5, 5.41) is 14.8. The van der Waals surface area contributed by atoms with Crippen molar-refractivity contribution < 1.29 is 4.92 Å². The lowest BCUT2D eigenvalue weighted by Crippen LogP contribution is -2.01. The molecule has 0 fully saturated rings. The molecule has 9 heteroatoms. The first-order chi connectivity index (χ1) is 9.56. The second kappa shape index (κ2) is 5.93. The first kappa shape index (κ1) is 13.7. The predicted octanol–water partition coefficient (Wildman–Crippen LogP) is 2.07. The Labute approximate surface area is 118 Å². The minimum absolute atomic E-state index is 0.0513. The van der Waals surface area contributed by atoms with Crippen LogP contribution in [0.15, 0.2) is 35.4 Å². The molecule has 1 aromatic heterocycles. The summed E-state index contributed by atoms with van der Waals surface area (Å²) in [6.07, 6.45) is 1.29. The molecule has 2 rings (SSSR count). The molecule has 1 heterocycles. The lowest BCUT2D eigenvalue weighted by Gasteiger charge is -2.00. The van der Waals surface area contributed by atoms with Gasteiger partial charge in [0.2, 0.25) is 5.95 Å². The zero-order valence-electron chi connectivity index (χ0n) is 10.0. The number of hydrogen-bond donors (Lipinski definition) is 2. The summed E-state index contributed by atoms with van der Waals surface area (Å²) in [5.74, 6) is 0.290. The van der Waals surface area contributed by atoms with Crippen molar-refractivity contribution in [2.75, 3.05) is 11.2 Å². The minimum Gasteiger partial charge on any atom is -0.383 e. The SMILES string of the molecule is Nc1cc(Cl)nc(N/N=C\c2ccccc2[N+](=O)[O-])n1. The van der Waals surface area contributed by atoms with Crippen LogP contribution in [0.25, 0.3) is 0 Å². The van der Waals surface area contributed by atoms with E-state index in [1.807, 2.05) is 0 Å². The minimum atomic E-state index is -0.491. The van der Waals surface area contributed by atoms with Crippen LogP contribution < -0.4 is 11.2 Å². The van der Waals surface area contributed by atoms with E-state index in [1.165, 1.54) is 18.3 Å². The zero-order chi connectivity index (χ0) is 14.5. The Balaban J connectivity index is 2.16. The summed E-state index contributed by atoms with van der Waals surface area (Å²) < 4.78 is 0. The average molecular weight is 293 g/mol. The van der Waals surface area contributed by atoms with Gasteiger partial charge in [-0.05, 0) is 6.07 Å². The molecule has 2 aromatic rings. The fraction of sp³-hybridized carbons (Fsp3) is 0. The molecule has 20 heavy (non-hydrogen) atoms. The molecule has 0 amide bonds. The number of aromatic nitrogens is 2. The van der Waals surface area contributed by atoms with Gasteiger partial charge in [-0.2, -0.15) is 15.1 Å². The predicted molar refractivity (Wildman–Crippen MR) is 75.8 cm³/mol. The van der Waals surface area contributed by atoms with Gasteiger partial charge in [0.15, 0.2) is 0 Å². The Morgan fingerprint density at radius 1 is 1.40 bits per heavy atom. The van der Waals surface area contributed by atoms with Crippen LogP contribution in [0.5, 0.6) is 0 Å². The van der Waals surface area contributed by atoms with Gasteiger partial charge in [-0.25, -0.2) is 5.43 Å². The molecular formula is C11H9ClN6O2. The van der Waals surface area contributed by atoms with Gasteiger partial charge in [0.25, 0.3) is 5.69 Å². The number of nitrogens with one attached hydrogen (secondary N) is 1. The van der Waals surface area contributed by atoms with E-state index in [9.17, 15) is 10.1 Å². The summed E-state index contributed by atoms with van der Waals surface area (Å²) in [6, 6.07) is 7.58. The van der Waals surface area contributed by atoms with Crippen molar-refractivity contribution in [2.24, 2.45) is 5.10 Å². The number of nitro groups is 1. The van der Waals surface area contributed by atoms with Crippen molar-refractivity contribution in [1.82, 2.24) is 9.97 Å². The Kier molecular flexibility index (Phi) is 4.06. The van der Waals surface area contributed by atoms with Crippen molar-refractivity contribution >= 4 is 35.3 Å². The Hall–Kier alpha value is -2.74. The number of nitrogens with zero attached hydrogens (tertiary/aromatic N) is 4. The van der Waals surface area contributed by atoms with Crippen molar-refractivity contribution in [3.8, 4) is 0 Å². The molecule has 0 atom stereocenters. The monoisotopic (exact) mass is 292 g/mol. The fourth-order valence-electron chi connectivity index (χ4n) is 1.41. The van der Waals surface area contributed by atoms with Crippen LogP contribution in [0.2, 0.25) is 5.15 Å². The van der Waals surface area contributed by atoms with Crippen molar-refractivity contribution in [3.63, 3.8) is 0 Å². The lowest BCUT2D eigenvalue weighted by molar-refractivity contribution is -0.385. The van der Waals surface area contributed by atoms with Crippen LogP contribution in [0.1, 0.15) is 5.56 Å². The summed E-state index contributed by atoms with van der Waals surface area (Å²) in [7, 11) is 0. The molecule has 0 saturated carbocycles. The van der Waals surface area contributed by atoms with E-state index in [0.717, 1.165) is 0 Å². The number of anilines is 2. The number of halogens is 1. The number of nitrogens with two attached hydrogens (primary N) is 1. The largest absolute Gasteiger partial charge is 0.383 e. The van der Waals surface area contributed by atoms with Crippen LogP contribution in [-0.2, 0) is 0 Å². The topological polar surface area (TPSA) is 119 Å². The Morgan fingerprint density at radius 3 is 2.85 bits per heavy atom. The molecule has 0 unspecified atom stereocenters. The number of nitro benzene ring substituents is 1. The third-order valence-electron chi connectivity index (χ3n) is 2.22. The highest BCUT2D eigenvalue weighted by Gasteiger charge is 2.09. The smallest absolute Gasteiger partial charge is 0.278 e. The number of para-hydroxylation sites is 1. The lowest BCUT2D eigenvalue weighted by atomic mass is 10.2. The van der Waals surface area contributed by atoms with Crippen LogP contribution in [0.4, 0.5) is 17.5 Å². The maximum absolute atomic E-state index is 10.8. The van der Waals surface area contributed by atoms with E-state index >= 15 is 0 Å². The van der Waals surface area contributed by atoms with Crippen molar-refractivity contribution in [1.29, 1.82) is 0 Å². The van der Waals surface area contributed by atoms with Crippen molar-refractivity contribution in [3.05, 3.63) is 51.2 Å². The van der Waals surface area contributed by atoms with Crippen LogP contribution in [0.3, 0.4) is 0 Å². The van der Waals surface area contributed by atoms with Gasteiger partial charge in [0, 0.05) is 12.1 Å². The normalized spacial score (nSPS) is 10.7. The molecule has 8 nitrogen and oxygen atoms in total. The quantitative estimate of drug-likeness (QED) is 0.385. The highest BCUT2D eigenvalue weighted by molar-refractivity contribution is 6.29. The molecule has 3 N–H and O–H groups in total. The van der Waals surface area contributed by atoms with Gasteiger partial charge < -0.3 is 5.73 Å². The van der Waals surface area contributed by atoms with Crippen LogP contribution >= 0.6 is 11.6 Å². The number of hydrazone groups is 1. The first-order valence-electron chi connectivity index (χ1n) is 5.39. The van der Waals surface area contributed by atoms with Gasteiger partial charge in [0.1, 0.15) is 11.0 Å². The molecule has 0 aliphatic heterocycles. The third kappa shape index (κ3) is 3.39. The Morgan fingerprint density at radius 2 is 2.15 bits per heavy atom.